The number of ether oxygens (including phenoxy) is 2. The second-order valence-corrected chi connectivity index (χ2v) is 7.09. The van der Waals surface area contributed by atoms with Crippen LogP contribution in [0.2, 0.25) is 5.15 Å². The molecule has 144 valence electrons. The van der Waals surface area contributed by atoms with Crippen molar-refractivity contribution in [3.8, 4) is 5.75 Å². The quantitative estimate of drug-likeness (QED) is 0.538. The Bertz CT molecular complexity index is 1150. The standard InChI is InChI=1S/C19H19ClN6O2/c1-27-15-4-2-3-13-16(15)12-9-21-25-17(12)19(23-13)24-14-10-22-26(18(14)20)11-5-7-28-8-6-11/h2-4,9-11H,5-8H2,1H3,(H,21,25)(H,23,24). The average Bonchev–Trinajstić information content (AvgIpc) is 3.36. The lowest BCUT2D eigenvalue weighted by molar-refractivity contribution is 0.0663. The van der Waals surface area contributed by atoms with E-state index in [4.69, 9.17) is 26.1 Å². The highest BCUT2D eigenvalue weighted by Crippen LogP contribution is 2.36. The smallest absolute Gasteiger partial charge is 0.157 e. The maximum absolute atomic E-state index is 6.62. The highest BCUT2D eigenvalue weighted by Gasteiger charge is 2.21. The summed E-state index contributed by atoms with van der Waals surface area (Å²) < 4.78 is 12.8. The van der Waals surface area contributed by atoms with Crippen molar-refractivity contribution in [2.24, 2.45) is 0 Å². The van der Waals surface area contributed by atoms with Gasteiger partial charge in [0, 0.05) is 18.6 Å². The number of anilines is 2. The first-order valence-electron chi connectivity index (χ1n) is 9.14. The predicted octanol–water partition coefficient (Wildman–Crippen LogP) is 4.06. The number of aromatic amines is 1. The number of nitrogens with one attached hydrogen (secondary N) is 2. The summed E-state index contributed by atoms with van der Waals surface area (Å²) in [4.78, 5) is 4.76. The highest BCUT2D eigenvalue weighted by molar-refractivity contribution is 6.32. The van der Waals surface area contributed by atoms with E-state index in [2.05, 4.69) is 20.6 Å². The van der Waals surface area contributed by atoms with Gasteiger partial charge in [0.05, 0.1) is 42.1 Å². The minimum absolute atomic E-state index is 0.248. The van der Waals surface area contributed by atoms with E-state index in [1.807, 2.05) is 22.9 Å². The van der Waals surface area contributed by atoms with Crippen LogP contribution in [0.4, 0.5) is 11.5 Å². The van der Waals surface area contributed by atoms with Crippen LogP contribution in [0.5, 0.6) is 5.75 Å². The first-order chi connectivity index (χ1) is 13.8. The topological polar surface area (TPSA) is 89.9 Å². The number of hydrogen-bond acceptors (Lipinski definition) is 6. The first kappa shape index (κ1) is 17.3. The molecule has 4 heterocycles. The molecule has 1 aliphatic rings. The lowest BCUT2D eigenvalue weighted by Gasteiger charge is -2.23. The van der Waals surface area contributed by atoms with E-state index in [1.54, 1.807) is 19.5 Å². The van der Waals surface area contributed by atoms with E-state index in [1.165, 1.54) is 0 Å². The zero-order valence-electron chi connectivity index (χ0n) is 15.3. The number of fused-ring (bicyclic) bond motifs is 3. The van der Waals surface area contributed by atoms with Crippen LogP contribution in [0.15, 0.2) is 30.6 Å². The third-order valence-electron chi connectivity index (χ3n) is 5.13. The van der Waals surface area contributed by atoms with Gasteiger partial charge in [0.25, 0.3) is 0 Å². The fourth-order valence-electron chi connectivity index (χ4n) is 3.72. The number of halogens is 1. The Labute approximate surface area is 165 Å². The van der Waals surface area contributed by atoms with Gasteiger partial charge < -0.3 is 14.8 Å². The van der Waals surface area contributed by atoms with Crippen LogP contribution in [0.3, 0.4) is 0 Å². The Morgan fingerprint density at radius 2 is 2.14 bits per heavy atom. The van der Waals surface area contributed by atoms with Crippen LogP contribution in [0.1, 0.15) is 18.9 Å². The van der Waals surface area contributed by atoms with Crippen molar-refractivity contribution in [2.75, 3.05) is 25.6 Å². The van der Waals surface area contributed by atoms with E-state index in [0.717, 1.165) is 53.6 Å². The van der Waals surface area contributed by atoms with Crippen molar-refractivity contribution in [1.82, 2.24) is 25.0 Å². The lowest BCUT2D eigenvalue weighted by atomic mass is 10.1. The Morgan fingerprint density at radius 3 is 2.96 bits per heavy atom. The molecule has 0 aliphatic carbocycles. The molecule has 3 aromatic heterocycles. The molecule has 0 bridgehead atoms. The average molecular weight is 399 g/mol. The van der Waals surface area contributed by atoms with Gasteiger partial charge in [-0.1, -0.05) is 17.7 Å². The van der Waals surface area contributed by atoms with Crippen LogP contribution in [-0.2, 0) is 4.74 Å². The van der Waals surface area contributed by atoms with Crippen molar-refractivity contribution in [3.63, 3.8) is 0 Å². The van der Waals surface area contributed by atoms with E-state index in [-0.39, 0.29) is 6.04 Å². The SMILES string of the molecule is COc1cccc2nc(Nc3cnn(C4CCOCC4)c3Cl)c3[nH]ncc3c12. The summed E-state index contributed by atoms with van der Waals surface area (Å²) in [7, 11) is 1.65. The molecule has 1 fully saturated rings. The molecule has 1 aliphatic heterocycles. The Balaban J connectivity index is 1.57. The molecule has 8 nitrogen and oxygen atoms in total. The van der Waals surface area contributed by atoms with Crippen molar-refractivity contribution >= 4 is 44.9 Å². The van der Waals surface area contributed by atoms with Gasteiger partial charge in [-0.15, -0.1) is 0 Å². The number of pyridine rings is 1. The summed E-state index contributed by atoms with van der Waals surface area (Å²) in [5.74, 6) is 1.40. The van der Waals surface area contributed by atoms with Crippen molar-refractivity contribution in [2.45, 2.75) is 18.9 Å². The summed E-state index contributed by atoms with van der Waals surface area (Å²) in [6.45, 7) is 1.46. The van der Waals surface area contributed by atoms with Crippen molar-refractivity contribution in [3.05, 3.63) is 35.7 Å². The summed E-state index contributed by atoms with van der Waals surface area (Å²) in [6.07, 6.45) is 5.32. The second kappa shape index (κ2) is 6.96. The number of hydrogen-bond donors (Lipinski definition) is 2. The molecule has 1 aromatic carbocycles. The number of methoxy groups -OCH3 is 1. The van der Waals surface area contributed by atoms with Gasteiger partial charge in [-0.2, -0.15) is 10.2 Å². The van der Waals surface area contributed by atoms with Crippen LogP contribution in [0.25, 0.3) is 21.8 Å². The number of rotatable bonds is 4. The molecular weight excluding hydrogens is 380 g/mol. The molecule has 0 radical (unpaired) electrons. The van der Waals surface area contributed by atoms with Gasteiger partial charge in [-0.25, -0.2) is 9.67 Å². The minimum atomic E-state index is 0.248. The van der Waals surface area contributed by atoms with E-state index >= 15 is 0 Å². The lowest BCUT2D eigenvalue weighted by Crippen LogP contribution is -2.20. The molecule has 4 aromatic rings. The first-order valence-corrected chi connectivity index (χ1v) is 9.51. The van der Waals surface area contributed by atoms with Gasteiger partial charge in [-0.05, 0) is 25.0 Å². The molecule has 0 unspecified atom stereocenters. The molecule has 0 amide bonds. The summed E-state index contributed by atoms with van der Waals surface area (Å²) in [5.41, 5.74) is 2.30. The fraction of sp³-hybridized carbons (Fsp3) is 0.316. The largest absolute Gasteiger partial charge is 0.496 e. The molecule has 9 heteroatoms. The molecule has 5 rings (SSSR count). The van der Waals surface area contributed by atoms with Crippen molar-refractivity contribution < 1.29 is 9.47 Å². The van der Waals surface area contributed by atoms with E-state index in [0.29, 0.717) is 16.7 Å². The molecule has 1 saturated heterocycles. The Morgan fingerprint density at radius 1 is 1.29 bits per heavy atom. The minimum Gasteiger partial charge on any atom is -0.496 e. The number of benzene rings is 1. The van der Waals surface area contributed by atoms with Crippen LogP contribution >= 0.6 is 11.6 Å². The number of aromatic nitrogens is 5. The molecule has 28 heavy (non-hydrogen) atoms. The summed E-state index contributed by atoms with van der Waals surface area (Å²) >= 11 is 6.62. The highest BCUT2D eigenvalue weighted by atomic mass is 35.5. The predicted molar refractivity (Wildman–Crippen MR) is 108 cm³/mol. The van der Waals surface area contributed by atoms with Gasteiger partial charge in [0.15, 0.2) is 11.0 Å². The van der Waals surface area contributed by atoms with Crippen LogP contribution in [-0.4, -0.2) is 45.3 Å². The Hall–Kier alpha value is -2.84. The third-order valence-corrected chi connectivity index (χ3v) is 5.50. The molecule has 0 atom stereocenters. The van der Waals surface area contributed by atoms with Crippen LogP contribution in [0, 0.1) is 0 Å². The fourth-order valence-corrected chi connectivity index (χ4v) is 4.00. The van der Waals surface area contributed by atoms with Gasteiger partial charge in [-0.3, -0.25) is 5.10 Å². The molecule has 0 saturated carbocycles. The van der Waals surface area contributed by atoms with E-state index < -0.39 is 0 Å². The van der Waals surface area contributed by atoms with Gasteiger partial charge in [0.2, 0.25) is 0 Å². The molecular formula is C19H19ClN6O2. The Kier molecular flexibility index (Phi) is 4.29. The monoisotopic (exact) mass is 398 g/mol. The van der Waals surface area contributed by atoms with Crippen LogP contribution < -0.4 is 10.1 Å². The van der Waals surface area contributed by atoms with Crippen molar-refractivity contribution in [1.29, 1.82) is 0 Å². The molecule has 2 N–H and O–H groups in total. The summed E-state index contributed by atoms with van der Waals surface area (Å²) in [5, 5.41) is 17.4. The van der Waals surface area contributed by atoms with Gasteiger partial charge in [0.1, 0.15) is 11.3 Å². The molecule has 0 spiro atoms. The van der Waals surface area contributed by atoms with Gasteiger partial charge >= 0.3 is 0 Å². The normalized spacial score (nSPS) is 15.4. The zero-order valence-corrected chi connectivity index (χ0v) is 16.0. The number of nitrogens with zero attached hydrogens (tertiary/aromatic N) is 4. The maximum Gasteiger partial charge on any atom is 0.157 e. The maximum atomic E-state index is 6.62. The zero-order chi connectivity index (χ0) is 19.1. The van der Waals surface area contributed by atoms with E-state index in [9.17, 15) is 0 Å². The summed E-state index contributed by atoms with van der Waals surface area (Å²) in [6, 6.07) is 6.03. The number of H-pyrrole nitrogens is 1. The second-order valence-electron chi connectivity index (χ2n) is 6.74. The third kappa shape index (κ3) is 2.76.